The van der Waals surface area contributed by atoms with E-state index in [-0.39, 0.29) is 23.5 Å². The molecule has 38 heavy (non-hydrogen) atoms. The first kappa shape index (κ1) is 27.9. The van der Waals surface area contributed by atoms with Gasteiger partial charge in [-0.05, 0) is 50.1 Å². The number of imidazole rings is 1. The van der Waals surface area contributed by atoms with Crippen LogP contribution in [-0.4, -0.2) is 35.0 Å². The van der Waals surface area contributed by atoms with Crippen molar-refractivity contribution >= 4 is 35.6 Å². The summed E-state index contributed by atoms with van der Waals surface area (Å²) < 4.78 is 18.1. The molecular formula is C27H36N5O5P. The number of aromatic nitrogens is 3. The monoisotopic (exact) mass is 541 g/mol. The van der Waals surface area contributed by atoms with Crippen LogP contribution in [0.25, 0.3) is 21.9 Å². The quantitative estimate of drug-likeness (QED) is 0.188. The molecule has 11 heteroatoms. The number of benzene rings is 2. The second-order valence-corrected chi connectivity index (χ2v) is 12.0. The lowest BCUT2D eigenvalue weighted by Gasteiger charge is -2.39. The fourth-order valence-electron chi connectivity index (χ4n) is 4.47. The van der Waals surface area contributed by atoms with E-state index in [4.69, 9.17) is 21.0 Å². The minimum atomic E-state index is -4.76. The molecule has 2 heterocycles. The number of phosphoric acid groups is 1. The normalized spacial score (nSPS) is 12.9. The van der Waals surface area contributed by atoms with Gasteiger partial charge in [0.05, 0.1) is 17.6 Å². The number of aromatic hydroxyl groups is 1. The van der Waals surface area contributed by atoms with Crippen LogP contribution < -0.4 is 16.0 Å². The van der Waals surface area contributed by atoms with Crippen molar-refractivity contribution in [2.24, 2.45) is 5.73 Å². The number of aryl methyl sites for hydroxylation is 1. The van der Waals surface area contributed by atoms with Crippen LogP contribution in [0.2, 0.25) is 0 Å². The van der Waals surface area contributed by atoms with Crippen molar-refractivity contribution in [1.29, 1.82) is 0 Å². The van der Waals surface area contributed by atoms with Gasteiger partial charge in [0, 0.05) is 28.3 Å². The minimum absolute atomic E-state index is 0.0353. The first-order chi connectivity index (χ1) is 17.6. The summed E-state index contributed by atoms with van der Waals surface area (Å²) in [5, 5.41) is 11.5. The molecule has 2 aromatic carbocycles. The molecule has 10 nitrogen and oxygen atoms in total. The molecule has 0 aliphatic heterocycles. The zero-order valence-electron chi connectivity index (χ0n) is 22.4. The summed E-state index contributed by atoms with van der Waals surface area (Å²) >= 11 is 0. The Morgan fingerprint density at radius 2 is 1.79 bits per heavy atom. The molecule has 0 aliphatic carbocycles. The first-order valence-corrected chi connectivity index (χ1v) is 14.1. The van der Waals surface area contributed by atoms with Crippen molar-refractivity contribution in [3.63, 3.8) is 0 Å². The van der Waals surface area contributed by atoms with Crippen LogP contribution in [0.3, 0.4) is 0 Å². The third kappa shape index (κ3) is 5.35. The van der Waals surface area contributed by atoms with E-state index in [1.165, 1.54) is 18.2 Å². The van der Waals surface area contributed by atoms with E-state index in [1.54, 1.807) is 0 Å². The topological polar surface area (TPSA) is 170 Å². The van der Waals surface area contributed by atoms with Gasteiger partial charge in [0.25, 0.3) is 0 Å². The summed E-state index contributed by atoms with van der Waals surface area (Å²) in [4.78, 5) is 28.0. The van der Waals surface area contributed by atoms with E-state index < -0.39 is 13.4 Å². The number of hydrogen-bond donors (Lipinski definition) is 5. The molecule has 0 radical (unpaired) electrons. The van der Waals surface area contributed by atoms with Gasteiger partial charge in [-0.2, -0.15) is 0 Å². The number of phenols is 1. The maximum Gasteiger partial charge on any atom is 0.524 e. The summed E-state index contributed by atoms with van der Waals surface area (Å²) in [5.41, 5.74) is 15.6. The molecule has 7 N–H and O–H groups in total. The molecule has 0 amide bonds. The lowest BCUT2D eigenvalue weighted by atomic mass is 9.70. The summed E-state index contributed by atoms with van der Waals surface area (Å²) in [5.74, 6) is 0.990. The Kier molecular flexibility index (Phi) is 7.22. The lowest BCUT2D eigenvalue weighted by molar-refractivity contribution is 0.283. The number of phenolic OH excluding ortho intramolecular Hbond substituents is 1. The van der Waals surface area contributed by atoms with Gasteiger partial charge >= 0.3 is 7.82 Å². The summed E-state index contributed by atoms with van der Waals surface area (Å²) in [7, 11) is -4.76. The SMILES string of the molecule is CCCCc1nc2c(N)nc3cc(C(C)(C)C(C)(C)N)ccc3c2n1Cc1cc(OP(=O)(O)O)ccc1O. The number of fused-ring (bicyclic) bond motifs is 3. The van der Waals surface area contributed by atoms with Crippen molar-refractivity contribution in [1.82, 2.24) is 14.5 Å². The zero-order valence-corrected chi connectivity index (χ0v) is 23.3. The molecule has 0 saturated carbocycles. The fraction of sp³-hybridized carbons (Fsp3) is 0.407. The molecule has 0 saturated heterocycles. The number of rotatable bonds is 9. The Morgan fingerprint density at radius 3 is 2.42 bits per heavy atom. The standard InChI is InChI=1S/C27H36N5O5P/c1-6-7-8-22-31-23-24(32(22)15-16-13-18(10-12-21(16)33)37-38(34,35)36)19-11-9-17(14-20(19)30-25(23)28)26(2,3)27(4,5)29/h9-14,33H,6-8,15,29H2,1-5H3,(H2,28,30)(H2,34,35,36). The number of anilines is 1. The second-order valence-electron chi connectivity index (χ2n) is 10.9. The predicted molar refractivity (Wildman–Crippen MR) is 149 cm³/mol. The molecule has 0 atom stereocenters. The van der Waals surface area contributed by atoms with Gasteiger partial charge in [0.2, 0.25) is 0 Å². The highest BCUT2D eigenvalue weighted by Gasteiger charge is 2.35. The molecule has 204 valence electrons. The van der Waals surface area contributed by atoms with Crippen LogP contribution in [-0.2, 0) is 22.9 Å². The Bertz CT molecular complexity index is 1550. The molecule has 4 aromatic rings. The largest absolute Gasteiger partial charge is 0.524 e. The van der Waals surface area contributed by atoms with Gasteiger partial charge in [-0.15, -0.1) is 0 Å². The third-order valence-electron chi connectivity index (χ3n) is 7.47. The molecule has 0 aliphatic rings. The Hall–Kier alpha value is -3.17. The Labute approximate surface area is 221 Å². The summed E-state index contributed by atoms with van der Waals surface area (Å²) in [6.45, 7) is 10.5. The number of phosphoric ester groups is 1. The molecule has 2 aromatic heterocycles. The smallest absolute Gasteiger partial charge is 0.508 e. The second kappa shape index (κ2) is 9.85. The summed E-state index contributed by atoms with van der Waals surface area (Å²) in [6, 6.07) is 10.1. The van der Waals surface area contributed by atoms with Gasteiger partial charge in [-0.3, -0.25) is 9.79 Å². The minimum Gasteiger partial charge on any atom is -0.508 e. The fourth-order valence-corrected chi connectivity index (χ4v) is 4.86. The van der Waals surface area contributed by atoms with Crippen LogP contribution in [0.15, 0.2) is 36.4 Å². The molecule has 0 fully saturated rings. The predicted octanol–water partition coefficient (Wildman–Crippen LogP) is 4.75. The Balaban J connectivity index is 1.93. The number of nitrogens with zero attached hydrogens (tertiary/aromatic N) is 3. The molecule has 0 spiro atoms. The number of nitrogens with two attached hydrogens (primary N) is 2. The lowest BCUT2D eigenvalue weighted by Crippen LogP contribution is -2.50. The molecule has 0 unspecified atom stereocenters. The molecule has 0 bridgehead atoms. The van der Waals surface area contributed by atoms with Gasteiger partial charge in [-0.1, -0.05) is 39.3 Å². The van der Waals surface area contributed by atoms with Crippen molar-refractivity contribution in [2.75, 3.05) is 5.73 Å². The first-order valence-electron chi connectivity index (χ1n) is 12.6. The van der Waals surface area contributed by atoms with E-state index in [9.17, 15) is 19.5 Å². The van der Waals surface area contributed by atoms with Gasteiger partial charge < -0.3 is 25.7 Å². The highest BCUT2D eigenvalue weighted by molar-refractivity contribution is 7.46. The number of hydrogen-bond acceptors (Lipinski definition) is 7. The van der Waals surface area contributed by atoms with Gasteiger partial charge in [0.1, 0.15) is 22.8 Å². The van der Waals surface area contributed by atoms with Crippen LogP contribution in [0, 0.1) is 0 Å². The molecule has 4 rings (SSSR count). The van der Waals surface area contributed by atoms with Crippen molar-refractivity contribution in [3.8, 4) is 11.5 Å². The van der Waals surface area contributed by atoms with Crippen LogP contribution >= 0.6 is 7.82 Å². The van der Waals surface area contributed by atoms with E-state index in [0.717, 1.165) is 35.1 Å². The van der Waals surface area contributed by atoms with E-state index >= 15 is 0 Å². The van der Waals surface area contributed by atoms with Gasteiger partial charge in [-0.25, -0.2) is 14.5 Å². The third-order valence-corrected chi connectivity index (χ3v) is 7.92. The van der Waals surface area contributed by atoms with E-state index in [2.05, 4.69) is 25.8 Å². The molecular weight excluding hydrogens is 505 g/mol. The van der Waals surface area contributed by atoms with Crippen molar-refractivity contribution < 1.29 is 24.0 Å². The van der Waals surface area contributed by atoms with Crippen LogP contribution in [0.1, 0.15) is 64.4 Å². The van der Waals surface area contributed by atoms with E-state index in [0.29, 0.717) is 28.8 Å². The maximum absolute atomic E-state index is 11.4. The highest BCUT2D eigenvalue weighted by Crippen LogP contribution is 2.40. The summed E-state index contributed by atoms with van der Waals surface area (Å²) in [6.07, 6.45) is 2.53. The number of unbranched alkanes of at least 4 members (excludes halogenated alkanes) is 1. The zero-order chi connectivity index (χ0) is 28.0. The Morgan fingerprint density at radius 1 is 1.08 bits per heavy atom. The maximum atomic E-state index is 11.4. The van der Waals surface area contributed by atoms with Crippen LogP contribution in [0.4, 0.5) is 5.82 Å². The van der Waals surface area contributed by atoms with Gasteiger partial charge in [0.15, 0.2) is 5.82 Å². The van der Waals surface area contributed by atoms with E-state index in [1.807, 2.05) is 36.6 Å². The van der Waals surface area contributed by atoms with Crippen molar-refractivity contribution in [2.45, 2.75) is 71.4 Å². The number of pyridine rings is 1. The average Bonchev–Trinajstić information content (AvgIpc) is 3.16. The van der Waals surface area contributed by atoms with Crippen LogP contribution in [0.5, 0.6) is 11.5 Å². The van der Waals surface area contributed by atoms with Crippen molar-refractivity contribution in [3.05, 3.63) is 53.3 Å². The average molecular weight is 542 g/mol. The highest BCUT2D eigenvalue weighted by atomic mass is 31.2. The number of nitrogen functional groups attached to an aromatic ring is 1.